The number of benzene rings is 2. The van der Waals surface area contributed by atoms with E-state index in [1.54, 1.807) is 18.2 Å². The molecule has 9 heteroatoms. The third kappa shape index (κ3) is 6.07. The molecule has 1 aromatic heterocycles. The number of nitrogen functional groups attached to an aromatic ring is 1. The lowest BCUT2D eigenvalue weighted by atomic mass is 9.94. The molecule has 0 radical (unpaired) electrons. The Morgan fingerprint density at radius 1 is 1.06 bits per heavy atom. The van der Waals surface area contributed by atoms with Gasteiger partial charge in [0, 0.05) is 41.6 Å². The molecule has 3 rings (SSSR count). The van der Waals surface area contributed by atoms with Crippen molar-refractivity contribution in [3.8, 4) is 34.8 Å². The van der Waals surface area contributed by atoms with Gasteiger partial charge < -0.3 is 20.5 Å². The average molecular weight is 502 g/mol. The Bertz CT molecular complexity index is 1320. The summed E-state index contributed by atoms with van der Waals surface area (Å²) in [5.74, 6) is 1.65. The van der Waals surface area contributed by atoms with Gasteiger partial charge in [-0.15, -0.1) is 11.8 Å². The van der Waals surface area contributed by atoms with E-state index in [1.807, 2.05) is 24.3 Å². The lowest BCUT2D eigenvalue weighted by molar-refractivity contribution is -0.115. The molecule has 1 heterocycles. The molecule has 2 aromatic carbocycles. The van der Waals surface area contributed by atoms with Crippen molar-refractivity contribution in [1.82, 2.24) is 4.98 Å². The summed E-state index contributed by atoms with van der Waals surface area (Å²) in [5, 5.41) is 22.9. The van der Waals surface area contributed by atoms with Crippen LogP contribution in [0.1, 0.15) is 42.9 Å². The van der Waals surface area contributed by atoms with Crippen LogP contribution in [0.5, 0.6) is 11.5 Å². The molecule has 1 amide bonds. The van der Waals surface area contributed by atoms with Gasteiger partial charge in [-0.25, -0.2) is 4.98 Å². The quantitative estimate of drug-likeness (QED) is 0.375. The molecule has 0 aliphatic heterocycles. The molecule has 0 saturated carbocycles. The minimum atomic E-state index is -0.220. The smallest absolute Gasteiger partial charge is 0.225 e. The van der Waals surface area contributed by atoms with Crippen molar-refractivity contribution in [1.29, 1.82) is 10.5 Å². The second kappa shape index (κ2) is 12.0. The van der Waals surface area contributed by atoms with Crippen molar-refractivity contribution in [2.24, 2.45) is 0 Å². The lowest BCUT2D eigenvalue weighted by Gasteiger charge is -2.14. The number of nitrogens with two attached hydrogens (primary N) is 1. The van der Waals surface area contributed by atoms with Gasteiger partial charge >= 0.3 is 0 Å². The Kier molecular flexibility index (Phi) is 8.77. The number of nitrogens with one attached hydrogen (secondary N) is 1. The van der Waals surface area contributed by atoms with Gasteiger partial charge in [0.1, 0.15) is 40.0 Å². The number of aromatic nitrogens is 1. The van der Waals surface area contributed by atoms with E-state index >= 15 is 0 Å². The lowest BCUT2D eigenvalue weighted by Crippen LogP contribution is -2.12. The maximum Gasteiger partial charge on any atom is 0.225 e. The zero-order chi connectivity index (χ0) is 26.2. The molecule has 0 fully saturated rings. The van der Waals surface area contributed by atoms with Gasteiger partial charge in [-0.2, -0.15) is 10.5 Å². The summed E-state index contributed by atoms with van der Waals surface area (Å²) in [6.45, 7) is 4.19. The van der Waals surface area contributed by atoms with Crippen LogP contribution in [0.15, 0.2) is 47.5 Å². The van der Waals surface area contributed by atoms with Gasteiger partial charge in [-0.3, -0.25) is 4.79 Å². The molecule has 0 atom stereocenters. The number of carbonyl (C=O) groups excluding carboxylic acids is 1. The van der Waals surface area contributed by atoms with Gasteiger partial charge in [0.05, 0.1) is 19.8 Å². The zero-order valence-electron chi connectivity index (χ0n) is 20.6. The minimum absolute atomic E-state index is 0.0508. The predicted octanol–water partition coefficient (Wildman–Crippen LogP) is 5.34. The van der Waals surface area contributed by atoms with Gasteiger partial charge in [0.25, 0.3) is 0 Å². The third-order valence-electron chi connectivity index (χ3n) is 5.48. The Balaban J connectivity index is 1.81. The number of anilines is 2. The van der Waals surface area contributed by atoms with Crippen LogP contribution < -0.4 is 20.5 Å². The van der Waals surface area contributed by atoms with E-state index < -0.39 is 0 Å². The number of methoxy groups -OCH3 is 2. The number of hydrogen-bond donors (Lipinski definition) is 2. The first-order chi connectivity index (χ1) is 17.3. The molecular formula is C27H27N5O3S. The van der Waals surface area contributed by atoms with E-state index in [1.165, 1.54) is 26.0 Å². The highest BCUT2D eigenvalue weighted by Crippen LogP contribution is 2.36. The van der Waals surface area contributed by atoms with Crippen LogP contribution in [-0.2, 0) is 4.79 Å². The van der Waals surface area contributed by atoms with Crippen LogP contribution in [0, 0.1) is 22.7 Å². The van der Waals surface area contributed by atoms with Gasteiger partial charge in [-0.05, 0) is 17.0 Å². The van der Waals surface area contributed by atoms with Crippen molar-refractivity contribution >= 4 is 29.2 Å². The number of pyridine rings is 1. The van der Waals surface area contributed by atoms with E-state index in [0.717, 1.165) is 5.56 Å². The number of rotatable bonds is 9. The molecule has 36 heavy (non-hydrogen) atoms. The summed E-state index contributed by atoms with van der Waals surface area (Å²) < 4.78 is 10.5. The Morgan fingerprint density at radius 3 is 2.19 bits per heavy atom. The van der Waals surface area contributed by atoms with Gasteiger partial charge in [-0.1, -0.05) is 38.1 Å². The van der Waals surface area contributed by atoms with Crippen molar-refractivity contribution in [2.75, 3.05) is 31.0 Å². The normalized spacial score (nSPS) is 10.4. The maximum atomic E-state index is 12.5. The van der Waals surface area contributed by atoms with E-state index in [4.69, 9.17) is 15.2 Å². The van der Waals surface area contributed by atoms with Crippen LogP contribution >= 0.6 is 11.8 Å². The first-order valence-corrected chi connectivity index (χ1v) is 12.2. The highest BCUT2D eigenvalue weighted by molar-refractivity contribution is 7.99. The highest BCUT2D eigenvalue weighted by atomic mass is 32.2. The number of thioether (sulfide) groups is 1. The third-order valence-corrected chi connectivity index (χ3v) is 6.46. The van der Waals surface area contributed by atoms with Gasteiger partial charge in [0.15, 0.2) is 0 Å². The minimum Gasteiger partial charge on any atom is -0.497 e. The molecule has 3 aromatic rings. The van der Waals surface area contributed by atoms with Crippen LogP contribution in [0.25, 0.3) is 11.1 Å². The number of ether oxygens (including phenoxy) is 2. The van der Waals surface area contributed by atoms with Crippen molar-refractivity contribution < 1.29 is 14.3 Å². The first kappa shape index (κ1) is 26.4. The van der Waals surface area contributed by atoms with Gasteiger partial charge in [0.2, 0.25) is 5.91 Å². The number of hydrogen-bond acceptors (Lipinski definition) is 8. The molecule has 3 N–H and O–H groups in total. The summed E-state index contributed by atoms with van der Waals surface area (Å²) in [7, 11) is 3.07. The summed E-state index contributed by atoms with van der Waals surface area (Å²) in [6, 6.07) is 17.1. The van der Waals surface area contributed by atoms with E-state index in [2.05, 4.69) is 36.3 Å². The first-order valence-electron chi connectivity index (χ1n) is 11.2. The fraction of sp³-hybridized carbons (Fsp3) is 0.259. The van der Waals surface area contributed by atoms with Crippen LogP contribution in [0.3, 0.4) is 0 Å². The van der Waals surface area contributed by atoms with Crippen LogP contribution in [-0.4, -0.2) is 30.9 Å². The van der Waals surface area contributed by atoms with Crippen molar-refractivity contribution in [2.45, 2.75) is 31.2 Å². The second-order valence-electron chi connectivity index (χ2n) is 8.18. The summed E-state index contributed by atoms with van der Waals surface area (Å²) in [5.41, 5.74) is 9.40. The van der Waals surface area contributed by atoms with E-state index in [-0.39, 0.29) is 29.3 Å². The molecule has 0 unspecified atom stereocenters. The molecule has 8 nitrogen and oxygen atoms in total. The standard InChI is InChI=1S/C27H27N5O3S/c1-16(2)17-5-7-18(8-6-17)25-22(14-28)26(30)32-27(23(25)15-29)36-10-9-24(33)31-19-11-20(34-3)13-21(12-19)35-4/h5-8,11-13,16H,9-10H2,1-4H3,(H2,30,32)(H,31,33). The fourth-order valence-corrected chi connectivity index (χ4v) is 4.51. The summed E-state index contributed by atoms with van der Waals surface area (Å²) >= 11 is 1.24. The average Bonchev–Trinajstić information content (AvgIpc) is 2.88. The topological polar surface area (TPSA) is 134 Å². The maximum absolute atomic E-state index is 12.5. The molecular weight excluding hydrogens is 474 g/mol. The van der Waals surface area contributed by atoms with Crippen LogP contribution in [0.2, 0.25) is 0 Å². The number of nitrogens with zero attached hydrogens (tertiary/aromatic N) is 3. The number of amides is 1. The Labute approximate surface area is 215 Å². The number of nitriles is 2. The second-order valence-corrected chi connectivity index (χ2v) is 9.26. The molecule has 0 aliphatic rings. The van der Waals surface area contributed by atoms with E-state index in [0.29, 0.717) is 45.0 Å². The molecule has 0 spiro atoms. The Morgan fingerprint density at radius 2 is 1.67 bits per heavy atom. The monoisotopic (exact) mass is 501 g/mol. The predicted molar refractivity (Wildman–Crippen MR) is 141 cm³/mol. The summed E-state index contributed by atoms with van der Waals surface area (Å²) in [6.07, 6.45) is 0.162. The zero-order valence-corrected chi connectivity index (χ0v) is 21.4. The highest BCUT2D eigenvalue weighted by Gasteiger charge is 2.21. The van der Waals surface area contributed by atoms with Crippen molar-refractivity contribution in [3.63, 3.8) is 0 Å². The Hall–Kier alpha value is -4.21. The molecule has 184 valence electrons. The SMILES string of the molecule is COc1cc(NC(=O)CCSc2nc(N)c(C#N)c(-c3ccc(C(C)C)cc3)c2C#N)cc(OC)c1. The summed E-state index contributed by atoms with van der Waals surface area (Å²) in [4.78, 5) is 16.8. The molecule has 0 saturated heterocycles. The largest absolute Gasteiger partial charge is 0.497 e. The number of carbonyl (C=O) groups is 1. The van der Waals surface area contributed by atoms with E-state index in [9.17, 15) is 15.3 Å². The van der Waals surface area contributed by atoms with Crippen LogP contribution in [0.4, 0.5) is 11.5 Å². The van der Waals surface area contributed by atoms with Crippen molar-refractivity contribution in [3.05, 3.63) is 59.2 Å². The molecule has 0 bridgehead atoms. The fourth-order valence-electron chi connectivity index (χ4n) is 3.57. The molecule has 0 aliphatic carbocycles.